The van der Waals surface area contributed by atoms with Gasteiger partial charge in [-0.25, -0.2) is 0 Å². The van der Waals surface area contributed by atoms with E-state index in [1.54, 1.807) is 11.8 Å². The second-order valence-corrected chi connectivity index (χ2v) is 4.79. The van der Waals surface area contributed by atoms with Gasteiger partial charge in [-0.15, -0.1) is 11.8 Å². The zero-order valence-corrected chi connectivity index (χ0v) is 9.23. The minimum atomic E-state index is 0.276. The molecule has 1 aliphatic carbocycles. The van der Waals surface area contributed by atoms with Gasteiger partial charge in [-0.05, 0) is 36.8 Å². The molecule has 1 aromatic rings. The van der Waals surface area contributed by atoms with Crippen molar-refractivity contribution in [3.05, 3.63) is 23.8 Å². The molecular weight excluding hydrogens is 192 g/mol. The lowest BCUT2D eigenvalue weighted by atomic mass is 9.96. The van der Waals surface area contributed by atoms with Gasteiger partial charge in [0.25, 0.3) is 0 Å². The Balaban J connectivity index is 2.36. The molecule has 2 rings (SSSR count). The number of hydrogen-bond donors (Lipinski definition) is 2. The van der Waals surface area contributed by atoms with Gasteiger partial charge < -0.3 is 11.5 Å². The topological polar surface area (TPSA) is 52.0 Å². The van der Waals surface area contributed by atoms with Crippen LogP contribution in [0.2, 0.25) is 0 Å². The first kappa shape index (κ1) is 9.87. The van der Waals surface area contributed by atoms with E-state index in [4.69, 9.17) is 11.5 Å². The Bertz CT molecular complexity index is 345. The third-order valence-electron chi connectivity index (χ3n) is 3.09. The van der Waals surface area contributed by atoms with E-state index >= 15 is 0 Å². The van der Waals surface area contributed by atoms with Gasteiger partial charge in [0.1, 0.15) is 0 Å². The highest BCUT2D eigenvalue weighted by Crippen LogP contribution is 2.48. The number of benzene rings is 1. The SMILES string of the molecule is CSc1cc(C2(CN)CC2)ccc1N. The molecule has 1 saturated carbocycles. The third kappa shape index (κ3) is 1.51. The van der Waals surface area contributed by atoms with Gasteiger partial charge in [0.2, 0.25) is 0 Å². The Labute approximate surface area is 89.1 Å². The van der Waals surface area contributed by atoms with Crippen molar-refractivity contribution in [3.63, 3.8) is 0 Å². The maximum atomic E-state index is 5.85. The van der Waals surface area contributed by atoms with E-state index in [0.717, 1.165) is 12.2 Å². The van der Waals surface area contributed by atoms with Crippen LogP contribution < -0.4 is 11.5 Å². The van der Waals surface area contributed by atoms with Gasteiger partial charge >= 0.3 is 0 Å². The van der Waals surface area contributed by atoms with Crippen molar-refractivity contribution in [1.29, 1.82) is 0 Å². The van der Waals surface area contributed by atoms with E-state index in [-0.39, 0.29) is 5.41 Å². The zero-order chi connectivity index (χ0) is 10.2. The molecule has 0 aromatic heterocycles. The normalized spacial score (nSPS) is 18.1. The molecule has 1 aliphatic rings. The first-order valence-electron chi connectivity index (χ1n) is 4.86. The predicted octanol–water partition coefficient (Wildman–Crippen LogP) is 1.98. The summed E-state index contributed by atoms with van der Waals surface area (Å²) >= 11 is 1.70. The third-order valence-corrected chi connectivity index (χ3v) is 3.88. The number of hydrogen-bond acceptors (Lipinski definition) is 3. The van der Waals surface area contributed by atoms with Crippen molar-refractivity contribution in [2.24, 2.45) is 5.73 Å². The summed E-state index contributed by atoms with van der Waals surface area (Å²) in [7, 11) is 0. The molecule has 1 fully saturated rings. The van der Waals surface area contributed by atoms with Crippen LogP contribution in [0.25, 0.3) is 0 Å². The summed E-state index contributed by atoms with van der Waals surface area (Å²) in [5.41, 5.74) is 14.2. The Morgan fingerprint density at radius 3 is 2.64 bits per heavy atom. The summed E-state index contributed by atoms with van der Waals surface area (Å²) in [6.45, 7) is 0.755. The van der Waals surface area contributed by atoms with Gasteiger partial charge in [-0.1, -0.05) is 6.07 Å². The van der Waals surface area contributed by atoms with Gasteiger partial charge in [-0.3, -0.25) is 0 Å². The molecule has 2 nitrogen and oxygen atoms in total. The Kier molecular flexibility index (Phi) is 2.45. The Hall–Kier alpha value is -0.670. The molecule has 0 heterocycles. The minimum absolute atomic E-state index is 0.276. The number of thioether (sulfide) groups is 1. The largest absolute Gasteiger partial charge is 0.398 e. The molecule has 0 radical (unpaired) electrons. The van der Waals surface area contributed by atoms with E-state index in [1.165, 1.54) is 23.3 Å². The van der Waals surface area contributed by atoms with E-state index in [0.29, 0.717) is 0 Å². The summed E-state index contributed by atoms with van der Waals surface area (Å²) in [4.78, 5) is 1.17. The monoisotopic (exact) mass is 208 g/mol. The lowest BCUT2D eigenvalue weighted by Gasteiger charge is -2.14. The first-order valence-corrected chi connectivity index (χ1v) is 6.08. The van der Waals surface area contributed by atoms with Crippen LogP contribution in [0, 0.1) is 0 Å². The second kappa shape index (κ2) is 3.48. The number of nitrogens with two attached hydrogens (primary N) is 2. The van der Waals surface area contributed by atoms with Crippen molar-refractivity contribution < 1.29 is 0 Å². The number of anilines is 1. The standard InChI is InChI=1S/C11H16N2S/c1-14-10-6-8(2-3-9(10)13)11(7-12)4-5-11/h2-3,6H,4-5,7,12-13H2,1H3. The van der Waals surface area contributed by atoms with E-state index < -0.39 is 0 Å². The molecule has 0 saturated heterocycles. The molecule has 14 heavy (non-hydrogen) atoms. The number of rotatable bonds is 3. The quantitative estimate of drug-likeness (QED) is 0.590. The van der Waals surface area contributed by atoms with Gasteiger partial charge in [0, 0.05) is 22.5 Å². The summed E-state index contributed by atoms with van der Waals surface area (Å²) < 4.78 is 0. The maximum Gasteiger partial charge on any atom is 0.0452 e. The average Bonchev–Trinajstić information content (AvgIpc) is 2.99. The van der Waals surface area contributed by atoms with Crippen molar-refractivity contribution in [2.45, 2.75) is 23.2 Å². The fraction of sp³-hybridized carbons (Fsp3) is 0.455. The molecule has 3 heteroatoms. The average molecular weight is 208 g/mol. The number of nitrogen functional groups attached to an aromatic ring is 1. The molecule has 0 aliphatic heterocycles. The maximum absolute atomic E-state index is 5.85. The van der Waals surface area contributed by atoms with Crippen LogP contribution in [0.15, 0.2) is 23.1 Å². The lowest BCUT2D eigenvalue weighted by molar-refractivity contribution is 0.703. The molecule has 0 unspecified atom stereocenters. The zero-order valence-electron chi connectivity index (χ0n) is 8.42. The molecule has 0 bridgehead atoms. The van der Waals surface area contributed by atoms with Crippen molar-refractivity contribution in [1.82, 2.24) is 0 Å². The molecule has 0 spiro atoms. The summed E-state index contributed by atoms with van der Waals surface area (Å²) in [5, 5.41) is 0. The fourth-order valence-electron chi connectivity index (χ4n) is 1.80. The second-order valence-electron chi connectivity index (χ2n) is 3.94. The summed E-state index contributed by atoms with van der Waals surface area (Å²) in [6, 6.07) is 6.31. The van der Waals surface area contributed by atoms with Crippen LogP contribution in [0.4, 0.5) is 5.69 Å². The van der Waals surface area contributed by atoms with Crippen LogP contribution in [0.5, 0.6) is 0 Å². The van der Waals surface area contributed by atoms with Crippen molar-refractivity contribution >= 4 is 17.4 Å². The lowest BCUT2D eigenvalue weighted by Crippen LogP contribution is -2.19. The molecular formula is C11H16N2S. The smallest absolute Gasteiger partial charge is 0.0452 e. The molecule has 0 amide bonds. The minimum Gasteiger partial charge on any atom is -0.398 e. The Morgan fingerprint density at radius 1 is 1.43 bits per heavy atom. The molecule has 76 valence electrons. The predicted molar refractivity (Wildman–Crippen MR) is 62.6 cm³/mol. The summed E-state index contributed by atoms with van der Waals surface area (Å²) in [5.74, 6) is 0. The van der Waals surface area contributed by atoms with E-state index in [1.807, 2.05) is 6.07 Å². The van der Waals surface area contributed by atoms with Crippen molar-refractivity contribution in [3.8, 4) is 0 Å². The fourth-order valence-corrected chi connectivity index (χ4v) is 2.35. The molecule has 1 aromatic carbocycles. The van der Waals surface area contributed by atoms with Crippen LogP contribution in [-0.2, 0) is 5.41 Å². The molecule has 4 N–H and O–H groups in total. The first-order chi connectivity index (χ1) is 6.72. The van der Waals surface area contributed by atoms with Gasteiger partial charge in [0.15, 0.2) is 0 Å². The van der Waals surface area contributed by atoms with Crippen LogP contribution >= 0.6 is 11.8 Å². The Morgan fingerprint density at radius 2 is 2.14 bits per heavy atom. The highest BCUT2D eigenvalue weighted by molar-refractivity contribution is 7.98. The van der Waals surface area contributed by atoms with Gasteiger partial charge in [0.05, 0.1) is 0 Å². The molecule has 0 atom stereocenters. The van der Waals surface area contributed by atoms with Crippen LogP contribution in [0.3, 0.4) is 0 Å². The van der Waals surface area contributed by atoms with Crippen LogP contribution in [0.1, 0.15) is 18.4 Å². The highest BCUT2D eigenvalue weighted by Gasteiger charge is 2.42. The van der Waals surface area contributed by atoms with E-state index in [9.17, 15) is 0 Å². The summed E-state index contributed by atoms with van der Waals surface area (Å²) in [6.07, 6.45) is 4.50. The highest BCUT2D eigenvalue weighted by atomic mass is 32.2. The van der Waals surface area contributed by atoms with Gasteiger partial charge in [-0.2, -0.15) is 0 Å². The van der Waals surface area contributed by atoms with Crippen molar-refractivity contribution in [2.75, 3.05) is 18.5 Å². The van der Waals surface area contributed by atoms with Crippen LogP contribution in [-0.4, -0.2) is 12.8 Å². The van der Waals surface area contributed by atoms with E-state index in [2.05, 4.69) is 18.4 Å².